The van der Waals surface area contributed by atoms with Gasteiger partial charge < -0.3 is 14.8 Å². The van der Waals surface area contributed by atoms with Crippen LogP contribution in [0.2, 0.25) is 0 Å². The van der Waals surface area contributed by atoms with E-state index in [4.69, 9.17) is 4.74 Å². The van der Waals surface area contributed by atoms with E-state index in [1.54, 1.807) is 7.11 Å². The summed E-state index contributed by atoms with van der Waals surface area (Å²) in [5, 5.41) is 2.75. The molecule has 1 saturated heterocycles. The number of nitrogens with zero attached hydrogens (tertiary/aromatic N) is 2. The highest BCUT2D eigenvalue weighted by Gasteiger charge is 2.18. The van der Waals surface area contributed by atoms with E-state index in [0.717, 1.165) is 25.4 Å². The first-order valence-electron chi connectivity index (χ1n) is 9.54. The van der Waals surface area contributed by atoms with E-state index in [0.29, 0.717) is 6.54 Å². The maximum absolute atomic E-state index is 11.2. The predicted octanol–water partition coefficient (Wildman–Crippen LogP) is 3.03. The molecule has 0 saturated carbocycles. The molecule has 2 rings (SSSR count). The van der Waals surface area contributed by atoms with Crippen LogP contribution in [0.25, 0.3) is 0 Å². The Bertz CT molecular complexity index is 573. The Kier molecular flexibility index (Phi) is 8.19. The molecule has 146 valence electrons. The Morgan fingerprint density at radius 1 is 1.31 bits per heavy atom. The van der Waals surface area contributed by atoms with Crippen LogP contribution < -0.4 is 10.1 Å². The van der Waals surface area contributed by atoms with Gasteiger partial charge >= 0.3 is 6.09 Å². The van der Waals surface area contributed by atoms with Crippen LogP contribution in [0.1, 0.15) is 43.9 Å². The number of rotatable bonds is 9. The summed E-state index contributed by atoms with van der Waals surface area (Å²) in [6, 6.07) is 6.77. The average molecular weight is 364 g/mol. The van der Waals surface area contributed by atoms with Crippen molar-refractivity contribution in [2.45, 2.75) is 39.3 Å². The fourth-order valence-corrected chi connectivity index (χ4v) is 3.57. The number of likely N-dealkylation sites (tertiary alicyclic amines) is 1. The molecule has 1 aromatic carbocycles. The first-order chi connectivity index (χ1) is 12.6. The third-order valence-corrected chi connectivity index (χ3v) is 5.19. The predicted molar refractivity (Wildman–Crippen MR) is 104 cm³/mol. The Morgan fingerprint density at radius 3 is 2.65 bits per heavy atom. The van der Waals surface area contributed by atoms with E-state index in [9.17, 15) is 4.79 Å². The number of likely N-dealkylation sites (N-methyl/N-ethyl adjacent to an activating group) is 1. The summed E-state index contributed by atoms with van der Waals surface area (Å²) >= 11 is 0. The van der Waals surface area contributed by atoms with Gasteiger partial charge in [0.1, 0.15) is 5.75 Å². The van der Waals surface area contributed by atoms with E-state index in [2.05, 4.69) is 51.9 Å². The third-order valence-electron chi connectivity index (χ3n) is 5.19. The zero-order valence-corrected chi connectivity index (χ0v) is 16.6. The van der Waals surface area contributed by atoms with Crippen LogP contribution in [-0.4, -0.2) is 62.8 Å². The summed E-state index contributed by atoms with van der Waals surface area (Å²) in [4.78, 5) is 16.1. The molecule has 0 spiro atoms. The van der Waals surface area contributed by atoms with E-state index < -0.39 is 0 Å². The number of methoxy groups -OCH3 is 2. The highest BCUT2D eigenvalue weighted by Crippen LogP contribution is 2.28. The maximum Gasteiger partial charge on any atom is 0.406 e. The van der Waals surface area contributed by atoms with Crippen molar-refractivity contribution in [3.05, 3.63) is 29.3 Å². The monoisotopic (exact) mass is 363 g/mol. The van der Waals surface area contributed by atoms with Crippen molar-refractivity contribution in [2.75, 3.05) is 46.9 Å². The third kappa shape index (κ3) is 5.61. The van der Waals surface area contributed by atoms with E-state index in [1.807, 2.05) is 0 Å². The quantitative estimate of drug-likeness (QED) is 0.731. The number of amides is 1. The topological polar surface area (TPSA) is 54.0 Å². The number of benzene rings is 1. The summed E-state index contributed by atoms with van der Waals surface area (Å²) in [6.45, 7) is 9.90. The highest BCUT2D eigenvalue weighted by atomic mass is 16.5. The molecule has 6 nitrogen and oxygen atoms in total. The molecule has 0 radical (unpaired) electrons. The van der Waals surface area contributed by atoms with Gasteiger partial charge in [0.05, 0.1) is 14.2 Å². The largest absolute Gasteiger partial charge is 0.496 e. The molecule has 1 N–H and O–H groups in total. The lowest BCUT2D eigenvalue weighted by atomic mass is 10.0. The van der Waals surface area contributed by atoms with Crippen LogP contribution in [-0.2, 0) is 11.3 Å². The normalized spacial score (nSPS) is 15.9. The van der Waals surface area contributed by atoms with Crippen LogP contribution >= 0.6 is 0 Å². The molecule has 26 heavy (non-hydrogen) atoms. The van der Waals surface area contributed by atoms with Crippen molar-refractivity contribution in [3.63, 3.8) is 0 Å². The fraction of sp³-hybridized carbons (Fsp3) is 0.650. The van der Waals surface area contributed by atoms with Gasteiger partial charge in [-0.25, -0.2) is 4.79 Å². The van der Waals surface area contributed by atoms with Gasteiger partial charge in [0.15, 0.2) is 0 Å². The smallest absolute Gasteiger partial charge is 0.406 e. The summed E-state index contributed by atoms with van der Waals surface area (Å²) < 4.78 is 10.2. The summed E-state index contributed by atoms with van der Waals surface area (Å²) in [5.41, 5.74) is 2.53. The van der Waals surface area contributed by atoms with Crippen molar-refractivity contribution in [3.8, 4) is 5.75 Å². The lowest BCUT2D eigenvalue weighted by Gasteiger charge is -2.29. The van der Waals surface area contributed by atoms with Gasteiger partial charge in [-0.2, -0.15) is 0 Å². The summed E-state index contributed by atoms with van der Waals surface area (Å²) in [5.74, 6) is 0.961. The fourth-order valence-electron chi connectivity index (χ4n) is 3.57. The average Bonchev–Trinajstić information content (AvgIpc) is 3.17. The van der Waals surface area contributed by atoms with E-state index in [1.165, 1.54) is 44.2 Å². The Morgan fingerprint density at radius 2 is 2.04 bits per heavy atom. The van der Waals surface area contributed by atoms with Gasteiger partial charge in [-0.05, 0) is 57.1 Å². The first kappa shape index (κ1) is 20.5. The molecule has 0 bridgehead atoms. The molecule has 1 unspecified atom stereocenters. The molecule has 1 heterocycles. The summed E-state index contributed by atoms with van der Waals surface area (Å²) in [7, 11) is 3.12. The van der Waals surface area contributed by atoms with Crippen molar-refractivity contribution < 1.29 is 14.3 Å². The molecule has 1 aromatic rings. The van der Waals surface area contributed by atoms with Gasteiger partial charge in [-0.1, -0.05) is 13.0 Å². The zero-order chi connectivity index (χ0) is 18.9. The van der Waals surface area contributed by atoms with E-state index in [-0.39, 0.29) is 12.1 Å². The standard InChI is InChI=1S/C20H33N3O3/c1-5-23(13-10-21-20(24)26-4)16(2)17-8-9-19(25-3)18(14-17)15-22-11-6-7-12-22/h8-9,14,16H,5-7,10-13,15H2,1-4H3,(H,21,24). The van der Waals surface area contributed by atoms with Gasteiger partial charge in [-0.3, -0.25) is 9.80 Å². The maximum atomic E-state index is 11.2. The molecule has 1 fully saturated rings. The number of hydrogen-bond donors (Lipinski definition) is 1. The molecule has 1 aliphatic rings. The van der Waals surface area contributed by atoms with Crippen molar-refractivity contribution in [1.29, 1.82) is 0 Å². The molecular weight excluding hydrogens is 330 g/mol. The second kappa shape index (κ2) is 10.4. The minimum Gasteiger partial charge on any atom is -0.496 e. The molecule has 0 aliphatic carbocycles. The Labute approximate surface area is 157 Å². The van der Waals surface area contributed by atoms with Gasteiger partial charge in [0.25, 0.3) is 0 Å². The van der Waals surface area contributed by atoms with Gasteiger partial charge in [0, 0.05) is 31.2 Å². The Hall–Kier alpha value is -1.79. The summed E-state index contributed by atoms with van der Waals surface area (Å²) in [6.07, 6.45) is 2.19. The number of alkyl carbamates (subject to hydrolysis) is 1. The SMILES string of the molecule is CCN(CCNC(=O)OC)C(C)c1ccc(OC)c(CN2CCCC2)c1. The number of carbonyl (C=O) groups excluding carboxylic acids is 1. The first-order valence-corrected chi connectivity index (χ1v) is 9.54. The highest BCUT2D eigenvalue weighted by molar-refractivity contribution is 5.66. The molecule has 0 aromatic heterocycles. The van der Waals surface area contributed by atoms with E-state index >= 15 is 0 Å². The minimum atomic E-state index is -0.383. The number of ether oxygens (including phenoxy) is 2. The van der Waals surface area contributed by atoms with Crippen LogP contribution in [0.4, 0.5) is 4.79 Å². The van der Waals surface area contributed by atoms with Crippen LogP contribution in [0.3, 0.4) is 0 Å². The molecular formula is C20H33N3O3. The second-order valence-corrected chi connectivity index (χ2v) is 6.78. The lowest BCUT2D eigenvalue weighted by molar-refractivity contribution is 0.165. The molecule has 1 aliphatic heterocycles. The Balaban J connectivity index is 2.05. The van der Waals surface area contributed by atoms with Crippen molar-refractivity contribution >= 4 is 6.09 Å². The zero-order valence-electron chi connectivity index (χ0n) is 16.6. The molecule has 1 atom stereocenters. The lowest BCUT2D eigenvalue weighted by Crippen LogP contribution is -2.36. The number of nitrogens with one attached hydrogen (secondary N) is 1. The van der Waals surface area contributed by atoms with Gasteiger partial charge in [0.2, 0.25) is 0 Å². The van der Waals surface area contributed by atoms with Crippen molar-refractivity contribution in [2.24, 2.45) is 0 Å². The van der Waals surface area contributed by atoms with Crippen LogP contribution in [0.5, 0.6) is 5.75 Å². The van der Waals surface area contributed by atoms with Crippen molar-refractivity contribution in [1.82, 2.24) is 15.1 Å². The minimum absolute atomic E-state index is 0.266. The molecule has 1 amide bonds. The van der Waals surface area contributed by atoms with Crippen LogP contribution in [0.15, 0.2) is 18.2 Å². The number of hydrogen-bond acceptors (Lipinski definition) is 5. The second-order valence-electron chi connectivity index (χ2n) is 6.78. The number of carbonyl (C=O) groups is 1. The van der Waals surface area contributed by atoms with Crippen LogP contribution in [0, 0.1) is 0 Å². The van der Waals surface area contributed by atoms with Gasteiger partial charge in [-0.15, -0.1) is 0 Å². The molecule has 6 heteroatoms.